The lowest BCUT2D eigenvalue weighted by Crippen LogP contribution is -2.60. The van der Waals surface area contributed by atoms with Gasteiger partial charge >= 0.3 is 6.03 Å². The first-order chi connectivity index (χ1) is 14.5. The van der Waals surface area contributed by atoms with Gasteiger partial charge in [0.2, 0.25) is 0 Å². The van der Waals surface area contributed by atoms with Crippen molar-refractivity contribution in [3.63, 3.8) is 0 Å². The molecular formula is C23H38N4O3. The van der Waals surface area contributed by atoms with Crippen LogP contribution in [-0.2, 0) is 15.9 Å². The normalized spacial score (nSPS) is 26.1. The number of piperidine rings is 1. The van der Waals surface area contributed by atoms with E-state index in [0.717, 1.165) is 57.3 Å². The number of likely N-dealkylation sites (tertiary alicyclic amines) is 1. The summed E-state index contributed by atoms with van der Waals surface area (Å²) in [4.78, 5) is 21.5. The van der Waals surface area contributed by atoms with Crippen LogP contribution < -0.4 is 5.32 Å². The number of carbonyl (C=O) groups is 1. The van der Waals surface area contributed by atoms with Crippen LogP contribution in [-0.4, -0.2) is 79.6 Å². The fourth-order valence-electron chi connectivity index (χ4n) is 5.14. The van der Waals surface area contributed by atoms with Gasteiger partial charge in [-0.15, -0.1) is 0 Å². The maximum Gasteiger partial charge on any atom is 0.317 e. The zero-order valence-corrected chi connectivity index (χ0v) is 19.0. The van der Waals surface area contributed by atoms with Gasteiger partial charge in [0.05, 0.1) is 0 Å². The monoisotopic (exact) mass is 418 g/mol. The number of amides is 2. The van der Waals surface area contributed by atoms with Crippen molar-refractivity contribution in [2.75, 3.05) is 40.9 Å². The minimum atomic E-state index is -0.482. The predicted octanol–water partition coefficient (Wildman–Crippen LogP) is 2.91. The summed E-state index contributed by atoms with van der Waals surface area (Å²) < 4.78 is 11.5. The quantitative estimate of drug-likeness (QED) is 0.658. The summed E-state index contributed by atoms with van der Waals surface area (Å²) in [6.07, 6.45) is 7.53. The lowest BCUT2D eigenvalue weighted by Gasteiger charge is -2.51. The number of pyridine rings is 1. The number of fused-ring (bicyclic) bond motifs is 1. The first kappa shape index (κ1) is 23.0. The van der Waals surface area contributed by atoms with Crippen LogP contribution in [0.2, 0.25) is 0 Å². The van der Waals surface area contributed by atoms with Gasteiger partial charge in [0.15, 0.2) is 5.79 Å². The molecule has 3 atom stereocenters. The largest absolute Gasteiger partial charge is 0.353 e. The molecule has 1 N–H and O–H groups in total. The Morgan fingerprint density at radius 1 is 1.37 bits per heavy atom. The predicted molar refractivity (Wildman–Crippen MR) is 117 cm³/mol. The van der Waals surface area contributed by atoms with E-state index in [-0.39, 0.29) is 12.1 Å². The second kappa shape index (κ2) is 10.6. The van der Waals surface area contributed by atoms with Gasteiger partial charge in [0.25, 0.3) is 0 Å². The first-order valence-electron chi connectivity index (χ1n) is 11.3. The Bertz CT molecular complexity index is 668. The second-order valence-corrected chi connectivity index (χ2v) is 8.76. The molecule has 0 aromatic carbocycles. The third-order valence-corrected chi connectivity index (χ3v) is 6.81. The number of hydrogen-bond acceptors (Lipinski definition) is 5. The standard InChI is InChI=1S/C23H38N4O3/c1-5-13-27-17-20(15-18-16-23(29-3,30-4)11-9-21(18)27)25-22(28)26(2)14-10-19-8-6-7-12-24-19/h6-8,12,18,20-21H,5,9-11,13-17H2,1-4H3,(H,25,28)/t18-,20+,21-/m1/s1. The van der Waals surface area contributed by atoms with Crippen LogP contribution in [0.4, 0.5) is 4.79 Å². The van der Waals surface area contributed by atoms with E-state index in [9.17, 15) is 4.79 Å². The molecule has 7 nitrogen and oxygen atoms in total. The molecule has 2 fully saturated rings. The minimum Gasteiger partial charge on any atom is -0.353 e. The topological polar surface area (TPSA) is 66.9 Å². The maximum atomic E-state index is 12.8. The van der Waals surface area contributed by atoms with E-state index >= 15 is 0 Å². The molecule has 0 radical (unpaired) electrons. The van der Waals surface area contributed by atoms with Gasteiger partial charge in [0.1, 0.15) is 0 Å². The number of hydrogen-bond donors (Lipinski definition) is 1. The Morgan fingerprint density at radius 2 is 2.17 bits per heavy atom. The van der Waals surface area contributed by atoms with Crippen LogP contribution in [0, 0.1) is 5.92 Å². The molecule has 1 aliphatic heterocycles. The molecule has 1 saturated carbocycles. The lowest BCUT2D eigenvalue weighted by atomic mass is 9.74. The van der Waals surface area contributed by atoms with Crippen molar-refractivity contribution < 1.29 is 14.3 Å². The van der Waals surface area contributed by atoms with Crippen LogP contribution in [0.3, 0.4) is 0 Å². The van der Waals surface area contributed by atoms with E-state index in [4.69, 9.17) is 9.47 Å². The van der Waals surface area contributed by atoms with E-state index < -0.39 is 5.79 Å². The highest BCUT2D eigenvalue weighted by Crippen LogP contribution is 2.42. The molecule has 1 aliphatic carbocycles. The maximum absolute atomic E-state index is 12.8. The van der Waals surface area contributed by atoms with Crippen molar-refractivity contribution in [1.29, 1.82) is 0 Å². The number of carbonyl (C=O) groups excluding carboxylic acids is 1. The van der Waals surface area contributed by atoms with Crippen LogP contribution in [0.25, 0.3) is 0 Å². The fraction of sp³-hybridized carbons (Fsp3) is 0.739. The Hall–Kier alpha value is -1.70. The number of methoxy groups -OCH3 is 2. The Labute approximate surface area is 181 Å². The van der Waals surface area contributed by atoms with Crippen molar-refractivity contribution in [1.82, 2.24) is 20.1 Å². The molecule has 2 aliphatic rings. The van der Waals surface area contributed by atoms with Crippen molar-refractivity contribution in [3.8, 4) is 0 Å². The Balaban J connectivity index is 1.58. The average Bonchev–Trinajstić information content (AvgIpc) is 2.77. The summed E-state index contributed by atoms with van der Waals surface area (Å²) in [7, 11) is 5.34. The van der Waals surface area contributed by atoms with Gasteiger partial charge in [-0.05, 0) is 43.9 Å². The molecule has 0 unspecified atom stereocenters. The van der Waals surface area contributed by atoms with E-state index in [1.165, 1.54) is 0 Å². The number of nitrogens with zero attached hydrogens (tertiary/aromatic N) is 3. The summed E-state index contributed by atoms with van der Waals surface area (Å²) in [5.41, 5.74) is 1.00. The molecule has 2 amide bonds. The number of aromatic nitrogens is 1. The highest BCUT2D eigenvalue weighted by molar-refractivity contribution is 5.74. The van der Waals surface area contributed by atoms with Gasteiger partial charge in [-0.2, -0.15) is 0 Å². The van der Waals surface area contributed by atoms with E-state index in [0.29, 0.717) is 18.5 Å². The molecule has 0 spiro atoms. The zero-order valence-electron chi connectivity index (χ0n) is 19.0. The molecule has 7 heteroatoms. The van der Waals surface area contributed by atoms with E-state index in [2.05, 4.69) is 22.1 Å². The lowest BCUT2D eigenvalue weighted by molar-refractivity contribution is -0.242. The van der Waals surface area contributed by atoms with Gasteiger partial charge in [-0.25, -0.2) is 4.79 Å². The van der Waals surface area contributed by atoms with Gasteiger partial charge in [0, 0.05) is 77.6 Å². The van der Waals surface area contributed by atoms with Crippen LogP contribution in [0.1, 0.15) is 44.7 Å². The molecule has 168 valence electrons. The van der Waals surface area contributed by atoms with Crippen LogP contribution >= 0.6 is 0 Å². The second-order valence-electron chi connectivity index (χ2n) is 8.76. The molecule has 1 aromatic heterocycles. The Morgan fingerprint density at radius 3 is 2.83 bits per heavy atom. The number of urea groups is 1. The fourth-order valence-corrected chi connectivity index (χ4v) is 5.14. The Kier molecular flexibility index (Phi) is 8.08. The minimum absolute atomic E-state index is 0.00798. The van der Waals surface area contributed by atoms with E-state index in [1.54, 1.807) is 25.3 Å². The molecular weight excluding hydrogens is 380 g/mol. The van der Waals surface area contributed by atoms with Crippen LogP contribution in [0.15, 0.2) is 24.4 Å². The van der Waals surface area contributed by atoms with Crippen molar-refractivity contribution in [2.24, 2.45) is 5.92 Å². The SMILES string of the molecule is CCCN1C[C@@H](NC(=O)N(C)CCc2ccccn2)C[C@@H]2CC(OC)(OC)CC[C@H]21. The van der Waals surface area contributed by atoms with Gasteiger partial charge < -0.3 is 19.7 Å². The van der Waals surface area contributed by atoms with E-state index in [1.807, 2.05) is 25.2 Å². The molecule has 1 aromatic rings. The highest BCUT2D eigenvalue weighted by Gasteiger charge is 2.46. The molecule has 2 heterocycles. The summed E-state index contributed by atoms with van der Waals surface area (Å²) in [5.74, 6) is -0.0205. The number of nitrogens with one attached hydrogen (secondary N) is 1. The number of rotatable bonds is 8. The first-order valence-corrected chi connectivity index (χ1v) is 11.3. The molecule has 30 heavy (non-hydrogen) atoms. The molecule has 1 saturated heterocycles. The van der Waals surface area contributed by atoms with Crippen LogP contribution in [0.5, 0.6) is 0 Å². The highest BCUT2D eigenvalue weighted by atomic mass is 16.7. The van der Waals surface area contributed by atoms with Crippen molar-refractivity contribution in [3.05, 3.63) is 30.1 Å². The summed E-state index contributed by atoms with van der Waals surface area (Å²) >= 11 is 0. The van der Waals surface area contributed by atoms with Gasteiger partial charge in [-0.1, -0.05) is 13.0 Å². The number of likely N-dealkylation sites (N-methyl/N-ethyl adjacent to an activating group) is 1. The molecule has 3 rings (SSSR count). The third-order valence-electron chi connectivity index (χ3n) is 6.81. The zero-order chi connectivity index (χ0) is 21.6. The average molecular weight is 419 g/mol. The van der Waals surface area contributed by atoms with Crippen molar-refractivity contribution >= 4 is 6.03 Å². The number of ether oxygens (including phenoxy) is 2. The smallest absolute Gasteiger partial charge is 0.317 e. The summed E-state index contributed by atoms with van der Waals surface area (Å²) in [6.45, 7) is 4.86. The summed E-state index contributed by atoms with van der Waals surface area (Å²) in [5, 5.41) is 3.28. The van der Waals surface area contributed by atoms with Gasteiger partial charge in [-0.3, -0.25) is 9.88 Å². The molecule has 0 bridgehead atoms. The third kappa shape index (κ3) is 5.50. The summed E-state index contributed by atoms with van der Waals surface area (Å²) in [6, 6.07) is 6.58. The van der Waals surface area contributed by atoms with Crippen molar-refractivity contribution in [2.45, 2.75) is 63.3 Å².